The number of hydrogen-bond acceptors (Lipinski definition) is 5. The SMILES string of the molecule is CC(C)(O)C(=O)n1c(=O)[nH]c2ccc(Cn3ccc(OCc4ccc(F)cc4F)c(Cl)c3=O)cc21. The molecule has 4 rings (SSSR count). The number of aromatic nitrogens is 3. The Morgan fingerprint density at radius 3 is 2.57 bits per heavy atom. The second-order valence-electron chi connectivity index (χ2n) is 8.43. The number of carbonyl (C=O) groups is 1. The number of rotatable bonds is 6. The van der Waals surface area contributed by atoms with Crippen LogP contribution in [0.3, 0.4) is 0 Å². The van der Waals surface area contributed by atoms with Crippen molar-refractivity contribution in [2.75, 3.05) is 0 Å². The van der Waals surface area contributed by atoms with Crippen molar-refractivity contribution in [3.63, 3.8) is 0 Å². The van der Waals surface area contributed by atoms with Gasteiger partial charge in [-0.1, -0.05) is 17.7 Å². The van der Waals surface area contributed by atoms with Crippen LogP contribution in [-0.4, -0.2) is 30.7 Å². The van der Waals surface area contributed by atoms with E-state index in [9.17, 15) is 28.3 Å². The largest absolute Gasteiger partial charge is 0.487 e. The maximum atomic E-state index is 13.8. The van der Waals surface area contributed by atoms with Gasteiger partial charge in [0.05, 0.1) is 17.6 Å². The van der Waals surface area contributed by atoms with Gasteiger partial charge in [0.1, 0.15) is 34.6 Å². The maximum absolute atomic E-state index is 13.8. The van der Waals surface area contributed by atoms with E-state index in [-0.39, 0.29) is 35.0 Å². The molecule has 0 aliphatic heterocycles. The summed E-state index contributed by atoms with van der Waals surface area (Å²) in [5, 5.41) is 9.82. The highest BCUT2D eigenvalue weighted by Crippen LogP contribution is 2.23. The van der Waals surface area contributed by atoms with Crippen LogP contribution in [0.2, 0.25) is 5.02 Å². The number of aromatic amines is 1. The van der Waals surface area contributed by atoms with E-state index in [1.807, 2.05) is 0 Å². The van der Waals surface area contributed by atoms with E-state index < -0.39 is 34.4 Å². The molecule has 2 heterocycles. The number of aliphatic hydroxyl groups is 1. The molecule has 0 aliphatic rings. The second-order valence-corrected chi connectivity index (χ2v) is 8.81. The number of benzene rings is 2. The molecule has 11 heteroatoms. The lowest BCUT2D eigenvalue weighted by molar-refractivity contribution is 0.0393. The summed E-state index contributed by atoms with van der Waals surface area (Å²) in [6.07, 6.45) is 1.43. The van der Waals surface area contributed by atoms with Gasteiger partial charge in [-0.15, -0.1) is 0 Å². The summed E-state index contributed by atoms with van der Waals surface area (Å²) in [7, 11) is 0. The third-order valence-electron chi connectivity index (χ3n) is 5.30. The van der Waals surface area contributed by atoms with Crippen molar-refractivity contribution in [2.24, 2.45) is 0 Å². The number of H-pyrrole nitrogens is 1. The molecule has 2 aromatic carbocycles. The van der Waals surface area contributed by atoms with E-state index in [4.69, 9.17) is 16.3 Å². The first-order valence-electron chi connectivity index (χ1n) is 10.4. The van der Waals surface area contributed by atoms with E-state index in [0.29, 0.717) is 11.1 Å². The van der Waals surface area contributed by atoms with E-state index in [1.165, 1.54) is 36.7 Å². The number of fused-ring (bicyclic) bond motifs is 1. The topological polar surface area (TPSA) is 106 Å². The first-order valence-corrected chi connectivity index (χ1v) is 10.8. The zero-order chi connectivity index (χ0) is 25.5. The highest BCUT2D eigenvalue weighted by Gasteiger charge is 2.28. The van der Waals surface area contributed by atoms with Crippen LogP contribution < -0.4 is 16.0 Å². The van der Waals surface area contributed by atoms with Crippen LogP contribution in [0.15, 0.2) is 58.3 Å². The van der Waals surface area contributed by atoms with Crippen molar-refractivity contribution in [1.82, 2.24) is 14.1 Å². The number of imidazole rings is 1. The van der Waals surface area contributed by atoms with Gasteiger partial charge in [-0.3, -0.25) is 9.59 Å². The number of hydrogen-bond donors (Lipinski definition) is 2. The monoisotopic (exact) mass is 503 g/mol. The Labute approximate surface area is 202 Å². The van der Waals surface area contributed by atoms with Gasteiger partial charge in [0.2, 0.25) is 0 Å². The summed E-state index contributed by atoms with van der Waals surface area (Å²) in [6.45, 7) is 2.35. The van der Waals surface area contributed by atoms with E-state index in [1.54, 1.807) is 18.2 Å². The minimum Gasteiger partial charge on any atom is -0.487 e. The fourth-order valence-electron chi connectivity index (χ4n) is 3.48. The van der Waals surface area contributed by atoms with Crippen molar-refractivity contribution in [3.05, 3.63) is 97.3 Å². The standard InChI is InChI=1S/C24H20ClF2N3O5/c1-24(2,34)22(32)30-18-9-13(3-6-17(18)28-23(30)33)11-29-8-7-19(20(25)21(29)31)35-12-14-4-5-15(26)10-16(14)27/h3-10,34H,11-12H2,1-2H3,(H,28,33). The Kier molecular flexibility index (Phi) is 6.35. The molecule has 0 fully saturated rings. The Bertz CT molecular complexity index is 1570. The molecular formula is C24H20ClF2N3O5. The van der Waals surface area contributed by atoms with Crippen molar-refractivity contribution in [2.45, 2.75) is 32.6 Å². The fraction of sp³-hybridized carbons (Fsp3) is 0.208. The first kappa shape index (κ1) is 24.4. The molecule has 0 saturated carbocycles. The molecule has 0 unspecified atom stereocenters. The Morgan fingerprint density at radius 1 is 1.14 bits per heavy atom. The minimum atomic E-state index is -1.77. The van der Waals surface area contributed by atoms with Crippen LogP contribution in [-0.2, 0) is 13.2 Å². The molecule has 2 N–H and O–H groups in total. The molecule has 0 bridgehead atoms. The molecule has 0 radical (unpaired) electrons. The number of ether oxygens (including phenoxy) is 1. The Morgan fingerprint density at radius 2 is 1.89 bits per heavy atom. The molecule has 0 saturated heterocycles. The quantitative estimate of drug-likeness (QED) is 0.419. The second kappa shape index (κ2) is 9.12. The lowest BCUT2D eigenvalue weighted by Gasteiger charge is -2.16. The minimum absolute atomic E-state index is 0.0299. The van der Waals surface area contributed by atoms with Gasteiger partial charge in [-0.25, -0.2) is 18.1 Å². The molecular weight excluding hydrogens is 484 g/mol. The molecule has 8 nitrogen and oxygen atoms in total. The van der Waals surface area contributed by atoms with Gasteiger partial charge >= 0.3 is 5.69 Å². The van der Waals surface area contributed by atoms with Gasteiger partial charge in [0.15, 0.2) is 0 Å². The van der Waals surface area contributed by atoms with Crippen molar-refractivity contribution in [3.8, 4) is 5.75 Å². The molecule has 0 spiro atoms. The van der Waals surface area contributed by atoms with Gasteiger partial charge in [0, 0.05) is 17.8 Å². The van der Waals surface area contributed by atoms with E-state index in [2.05, 4.69) is 4.98 Å². The van der Waals surface area contributed by atoms with E-state index in [0.717, 1.165) is 16.7 Å². The van der Waals surface area contributed by atoms with Crippen molar-refractivity contribution >= 4 is 28.5 Å². The Hall–Kier alpha value is -3.76. The summed E-state index contributed by atoms with van der Waals surface area (Å²) in [5.74, 6) is -2.27. The van der Waals surface area contributed by atoms with Gasteiger partial charge in [-0.05, 0) is 49.7 Å². The molecule has 0 amide bonds. The van der Waals surface area contributed by atoms with Crippen LogP contribution in [0.1, 0.15) is 29.8 Å². The third-order valence-corrected chi connectivity index (χ3v) is 5.64. The van der Waals surface area contributed by atoms with Crippen LogP contribution in [0, 0.1) is 11.6 Å². The van der Waals surface area contributed by atoms with Crippen LogP contribution in [0.25, 0.3) is 11.0 Å². The average molecular weight is 504 g/mol. The van der Waals surface area contributed by atoms with Crippen molar-refractivity contribution < 1.29 is 23.4 Å². The lowest BCUT2D eigenvalue weighted by Crippen LogP contribution is -2.40. The fourth-order valence-corrected chi connectivity index (χ4v) is 3.71. The van der Waals surface area contributed by atoms with E-state index >= 15 is 0 Å². The van der Waals surface area contributed by atoms with Crippen LogP contribution >= 0.6 is 11.6 Å². The molecule has 0 aliphatic carbocycles. The summed E-state index contributed by atoms with van der Waals surface area (Å²) in [5.41, 5.74) is -1.73. The predicted molar refractivity (Wildman–Crippen MR) is 125 cm³/mol. The maximum Gasteiger partial charge on any atom is 0.333 e. The summed E-state index contributed by atoms with van der Waals surface area (Å²) < 4.78 is 34.5. The van der Waals surface area contributed by atoms with Crippen molar-refractivity contribution in [1.29, 1.82) is 0 Å². The number of carbonyl (C=O) groups excluding carboxylic acids is 1. The van der Waals surface area contributed by atoms with Gasteiger partial charge in [0.25, 0.3) is 11.5 Å². The van der Waals surface area contributed by atoms with Crippen LogP contribution in [0.5, 0.6) is 5.75 Å². The molecule has 182 valence electrons. The number of pyridine rings is 1. The molecule has 35 heavy (non-hydrogen) atoms. The first-order chi connectivity index (χ1) is 16.5. The Balaban J connectivity index is 1.60. The lowest BCUT2D eigenvalue weighted by atomic mass is 10.1. The molecule has 2 aromatic heterocycles. The molecule has 4 aromatic rings. The van der Waals surface area contributed by atoms with Crippen LogP contribution in [0.4, 0.5) is 8.78 Å². The number of nitrogens with zero attached hydrogens (tertiary/aromatic N) is 2. The summed E-state index contributed by atoms with van der Waals surface area (Å²) in [4.78, 5) is 40.1. The number of halogens is 3. The van der Waals surface area contributed by atoms with Gasteiger partial charge < -0.3 is 19.4 Å². The number of nitrogens with one attached hydrogen (secondary N) is 1. The zero-order valence-electron chi connectivity index (χ0n) is 18.6. The highest BCUT2D eigenvalue weighted by atomic mass is 35.5. The third kappa shape index (κ3) is 4.89. The average Bonchev–Trinajstić information content (AvgIpc) is 3.11. The highest BCUT2D eigenvalue weighted by molar-refractivity contribution is 6.31. The summed E-state index contributed by atoms with van der Waals surface area (Å²) in [6, 6.07) is 9.30. The smallest absolute Gasteiger partial charge is 0.333 e. The van der Waals surface area contributed by atoms with Gasteiger partial charge in [-0.2, -0.15) is 0 Å². The summed E-state index contributed by atoms with van der Waals surface area (Å²) >= 11 is 6.18. The zero-order valence-corrected chi connectivity index (χ0v) is 19.4. The molecule has 0 atom stereocenters. The normalized spacial score (nSPS) is 11.7. The predicted octanol–water partition coefficient (Wildman–Crippen LogP) is 3.46.